The van der Waals surface area contributed by atoms with Crippen LogP contribution in [0.2, 0.25) is 0 Å². The second-order valence-electron chi connectivity index (χ2n) is 8.88. The van der Waals surface area contributed by atoms with Crippen molar-refractivity contribution in [2.24, 2.45) is 21.7 Å². The van der Waals surface area contributed by atoms with Crippen LogP contribution in [0.1, 0.15) is 59.3 Å². The molecule has 2 saturated carbocycles. The van der Waals surface area contributed by atoms with Gasteiger partial charge in [-0.25, -0.2) is 0 Å². The molecule has 3 fully saturated rings. The highest BCUT2D eigenvalue weighted by Crippen LogP contribution is 2.51. The summed E-state index contributed by atoms with van der Waals surface area (Å²) in [7, 11) is 1.83. The molecule has 2 aliphatic carbocycles. The molecule has 1 saturated heterocycles. The largest absolute Gasteiger partial charge is 0.392 e. The van der Waals surface area contributed by atoms with Gasteiger partial charge in [0.25, 0.3) is 0 Å². The lowest BCUT2D eigenvalue weighted by atomic mass is 9.55. The molecule has 1 heterocycles. The van der Waals surface area contributed by atoms with Crippen LogP contribution >= 0.6 is 24.0 Å². The van der Waals surface area contributed by atoms with Crippen molar-refractivity contribution in [3.8, 4) is 0 Å². The first-order chi connectivity index (χ1) is 11.4. The molecule has 146 valence electrons. The summed E-state index contributed by atoms with van der Waals surface area (Å²) in [5.41, 5.74) is 0.0818. The molecule has 0 spiro atoms. The van der Waals surface area contributed by atoms with Gasteiger partial charge in [0.05, 0.1) is 12.2 Å². The fourth-order valence-corrected chi connectivity index (χ4v) is 5.03. The zero-order valence-corrected chi connectivity index (χ0v) is 18.5. The van der Waals surface area contributed by atoms with Crippen molar-refractivity contribution in [1.29, 1.82) is 0 Å². The minimum Gasteiger partial charge on any atom is -0.392 e. The molecule has 6 heteroatoms. The zero-order chi connectivity index (χ0) is 17.4. The van der Waals surface area contributed by atoms with E-state index in [1.807, 2.05) is 7.05 Å². The SMILES string of the molecule is CN=C(NCC1(C)CCCCC1O)NC1C2CCCOC2C1(C)C.I. The Morgan fingerprint density at radius 3 is 2.64 bits per heavy atom. The molecule has 0 amide bonds. The molecule has 5 unspecified atom stereocenters. The lowest BCUT2D eigenvalue weighted by molar-refractivity contribution is -0.188. The highest BCUT2D eigenvalue weighted by atomic mass is 127. The Labute approximate surface area is 169 Å². The minimum absolute atomic E-state index is 0. The molecule has 3 aliphatic rings. The molecular weight excluding hydrogens is 429 g/mol. The van der Waals surface area contributed by atoms with E-state index < -0.39 is 0 Å². The molecule has 5 atom stereocenters. The van der Waals surface area contributed by atoms with Gasteiger partial charge < -0.3 is 20.5 Å². The van der Waals surface area contributed by atoms with E-state index in [1.54, 1.807) is 0 Å². The monoisotopic (exact) mass is 465 g/mol. The standard InChI is InChI=1S/C19H35N3O2.HI/c1-18(2)15(13-8-7-11-24-16(13)18)22-17(20-4)21-12-19(3)10-6-5-9-14(19)23;/h13-16,23H,5-12H2,1-4H3,(H2,20,21,22);1H. The summed E-state index contributed by atoms with van der Waals surface area (Å²) in [6, 6.07) is 0.401. The molecular formula is C19H36IN3O2. The van der Waals surface area contributed by atoms with Gasteiger partial charge in [0, 0.05) is 43.0 Å². The second-order valence-corrected chi connectivity index (χ2v) is 8.88. The molecule has 25 heavy (non-hydrogen) atoms. The molecule has 0 aromatic heterocycles. The van der Waals surface area contributed by atoms with Crippen molar-refractivity contribution < 1.29 is 9.84 Å². The molecule has 5 nitrogen and oxygen atoms in total. The summed E-state index contributed by atoms with van der Waals surface area (Å²) in [4.78, 5) is 4.43. The summed E-state index contributed by atoms with van der Waals surface area (Å²) < 4.78 is 5.99. The summed E-state index contributed by atoms with van der Waals surface area (Å²) >= 11 is 0. The van der Waals surface area contributed by atoms with E-state index in [4.69, 9.17) is 4.74 Å². The van der Waals surface area contributed by atoms with E-state index in [9.17, 15) is 5.11 Å². The van der Waals surface area contributed by atoms with Crippen LogP contribution in [-0.2, 0) is 4.74 Å². The van der Waals surface area contributed by atoms with Crippen LogP contribution in [0.15, 0.2) is 4.99 Å². The number of halogens is 1. The van der Waals surface area contributed by atoms with Crippen LogP contribution in [-0.4, -0.2) is 49.5 Å². The quantitative estimate of drug-likeness (QED) is 0.341. The number of rotatable bonds is 3. The van der Waals surface area contributed by atoms with Gasteiger partial charge in [-0.1, -0.05) is 33.6 Å². The van der Waals surface area contributed by atoms with Crippen molar-refractivity contribution >= 4 is 29.9 Å². The maximum absolute atomic E-state index is 10.4. The van der Waals surface area contributed by atoms with Crippen molar-refractivity contribution in [2.45, 2.75) is 77.5 Å². The van der Waals surface area contributed by atoms with Crippen LogP contribution in [0.3, 0.4) is 0 Å². The molecule has 0 bridgehead atoms. The Morgan fingerprint density at radius 1 is 1.20 bits per heavy atom. The van der Waals surface area contributed by atoms with Crippen LogP contribution < -0.4 is 10.6 Å². The number of nitrogens with one attached hydrogen (secondary N) is 2. The molecule has 3 rings (SSSR count). The number of nitrogens with zero attached hydrogens (tertiary/aromatic N) is 1. The van der Waals surface area contributed by atoms with E-state index in [0.29, 0.717) is 18.1 Å². The number of fused-ring (bicyclic) bond motifs is 1. The normalized spacial score (nSPS) is 40.3. The van der Waals surface area contributed by atoms with Crippen LogP contribution in [0, 0.1) is 16.7 Å². The third-order valence-corrected chi connectivity index (χ3v) is 6.79. The Morgan fingerprint density at radius 2 is 1.96 bits per heavy atom. The predicted octanol–water partition coefficient (Wildman–Crippen LogP) is 2.91. The van der Waals surface area contributed by atoms with E-state index in [1.165, 1.54) is 12.8 Å². The van der Waals surface area contributed by atoms with Gasteiger partial charge in [-0.2, -0.15) is 0 Å². The van der Waals surface area contributed by atoms with E-state index in [0.717, 1.165) is 44.8 Å². The Kier molecular flexibility index (Phi) is 7.04. The fraction of sp³-hybridized carbons (Fsp3) is 0.947. The van der Waals surface area contributed by atoms with Gasteiger partial charge in [0.2, 0.25) is 0 Å². The maximum Gasteiger partial charge on any atom is 0.191 e. The Hall–Kier alpha value is -0.0800. The van der Waals surface area contributed by atoms with Crippen molar-refractivity contribution in [1.82, 2.24) is 10.6 Å². The first kappa shape index (κ1) is 21.2. The van der Waals surface area contributed by atoms with E-state index >= 15 is 0 Å². The summed E-state index contributed by atoms with van der Waals surface area (Å²) in [6.45, 7) is 8.44. The first-order valence-corrected chi connectivity index (χ1v) is 9.65. The average Bonchev–Trinajstić information content (AvgIpc) is 2.58. The number of hydrogen-bond donors (Lipinski definition) is 3. The molecule has 1 aliphatic heterocycles. The fourth-order valence-electron chi connectivity index (χ4n) is 5.03. The van der Waals surface area contributed by atoms with Gasteiger partial charge in [0.1, 0.15) is 0 Å². The van der Waals surface area contributed by atoms with Gasteiger partial charge >= 0.3 is 0 Å². The summed E-state index contributed by atoms with van der Waals surface area (Å²) in [5, 5.41) is 17.5. The van der Waals surface area contributed by atoms with E-state index in [-0.39, 0.29) is 40.9 Å². The molecule has 0 aromatic rings. The van der Waals surface area contributed by atoms with Crippen molar-refractivity contribution in [3.05, 3.63) is 0 Å². The lowest BCUT2D eigenvalue weighted by Gasteiger charge is -2.60. The Bertz CT molecular complexity index is 485. The Balaban J connectivity index is 0.00000225. The number of ether oxygens (including phenoxy) is 1. The molecule has 3 N–H and O–H groups in total. The van der Waals surface area contributed by atoms with Crippen LogP contribution in [0.5, 0.6) is 0 Å². The lowest BCUT2D eigenvalue weighted by Crippen LogP contribution is -2.71. The predicted molar refractivity (Wildman–Crippen MR) is 113 cm³/mol. The number of aliphatic hydroxyl groups is 1. The van der Waals surface area contributed by atoms with Gasteiger partial charge in [-0.15, -0.1) is 24.0 Å². The van der Waals surface area contributed by atoms with Gasteiger partial charge in [0.15, 0.2) is 5.96 Å². The summed E-state index contributed by atoms with van der Waals surface area (Å²) in [6.07, 6.45) is 6.89. The van der Waals surface area contributed by atoms with Gasteiger partial charge in [-0.05, 0) is 25.7 Å². The number of aliphatic imine (C=N–C) groups is 1. The average molecular weight is 465 g/mol. The second kappa shape index (κ2) is 8.30. The minimum atomic E-state index is -0.215. The summed E-state index contributed by atoms with van der Waals surface area (Å²) in [5.74, 6) is 1.44. The van der Waals surface area contributed by atoms with Crippen molar-refractivity contribution in [2.75, 3.05) is 20.2 Å². The highest BCUT2D eigenvalue weighted by molar-refractivity contribution is 14.0. The van der Waals surface area contributed by atoms with Crippen molar-refractivity contribution in [3.63, 3.8) is 0 Å². The molecule has 0 radical (unpaired) electrons. The van der Waals surface area contributed by atoms with Crippen LogP contribution in [0.25, 0.3) is 0 Å². The number of guanidine groups is 1. The maximum atomic E-state index is 10.4. The first-order valence-electron chi connectivity index (χ1n) is 9.65. The highest BCUT2D eigenvalue weighted by Gasteiger charge is 2.58. The molecule has 0 aromatic carbocycles. The number of aliphatic hydroxyl groups excluding tert-OH is 1. The third kappa shape index (κ3) is 4.10. The van der Waals surface area contributed by atoms with Gasteiger partial charge in [-0.3, -0.25) is 4.99 Å². The number of hydrogen-bond acceptors (Lipinski definition) is 3. The zero-order valence-electron chi connectivity index (χ0n) is 16.2. The topological polar surface area (TPSA) is 65.9 Å². The van der Waals surface area contributed by atoms with E-state index in [2.05, 4.69) is 36.4 Å². The smallest absolute Gasteiger partial charge is 0.191 e. The van der Waals surface area contributed by atoms with Crippen LogP contribution in [0.4, 0.5) is 0 Å². The third-order valence-electron chi connectivity index (χ3n) is 6.79.